The van der Waals surface area contributed by atoms with Crippen LogP contribution in [0.1, 0.15) is 45.0 Å². The molecule has 16 heavy (non-hydrogen) atoms. The number of hydrogen-bond donors (Lipinski definition) is 1. The first kappa shape index (κ1) is 11.4. The molecule has 1 aromatic heterocycles. The quantitative estimate of drug-likeness (QED) is 0.844. The van der Waals surface area contributed by atoms with Crippen LogP contribution in [0, 0.1) is 0 Å². The van der Waals surface area contributed by atoms with Gasteiger partial charge in [0, 0.05) is 13.1 Å². The first-order valence-corrected chi connectivity index (χ1v) is 6.17. The monoisotopic (exact) mass is 224 g/mol. The Balaban J connectivity index is 2.05. The maximum Gasteiger partial charge on any atom is 0.266 e. The van der Waals surface area contributed by atoms with Crippen LogP contribution in [0.15, 0.2) is 4.52 Å². The molecule has 0 radical (unpaired) electrons. The molecule has 2 rings (SSSR count). The molecule has 1 atom stereocenters. The number of aromatic nitrogens is 2. The topological polar surface area (TPSA) is 54.2 Å². The molecule has 1 saturated heterocycles. The van der Waals surface area contributed by atoms with Crippen molar-refractivity contribution in [3.63, 3.8) is 0 Å². The zero-order valence-corrected chi connectivity index (χ0v) is 10.1. The molecule has 0 spiro atoms. The molecular weight excluding hydrogens is 204 g/mol. The van der Waals surface area contributed by atoms with Crippen molar-refractivity contribution in [2.45, 2.75) is 39.2 Å². The molecule has 5 nitrogen and oxygen atoms in total. The predicted octanol–water partition coefficient (Wildman–Crippen LogP) is 1.73. The zero-order chi connectivity index (χ0) is 11.4. The molecule has 0 aromatic carbocycles. The summed E-state index contributed by atoms with van der Waals surface area (Å²) in [5.41, 5.74) is 0. The standard InChI is InChI=1S/C11H20N4O/c1-3-15(4-2)11-13-10(16-14-11)9-7-5-6-8-12-9/h9,12H,3-8H2,1-2H3/t9-/m0/s1. The molecule has 1 aromatic rings. The third-order valence-corrected chi connectivity index (χ3v) is 3.09. The second-order valence-electron chi connectivity index (χ2n) is 4.11. The Morgan fingerprint density at radius 1 is 1.38 bits per heavy atom. The van der Waals surface area contributed by atoms with E-state index in [1.807, 2.05) is 0 Å². The molecule has 0 amide bonds. The second-order valence-corrected chi connectivity index (χ2v) is 4.11. The lowest BCUT2D eigenvalue weighted by molar-refractivity contribution is 0.297. The maximum absolute atomic E-state index is 5.32. The van der Waals surface area contributed by atoms with Crippen LogP contribution in [0.5, 0.6) is 0 Å². The normalized spacial score (nSPS) is 21.0. The average Bonchev–Trinajstić information content (AvgIpc) is 2.81. The van der Waals surface area contributed by atoms with Crippen molar-refractivity contribution < 1.29 is 4.52 Å². The van der Waals surface area contributed by atoms with E-state index in [2.05, 4.69) is 34.2 Å². The van der Waals surface area contributed by atoms with Crippen molar-refractivity contribution in [2.75, 3.05) is 24.5 Å². The summed E-state index contributed by atoms with van der Waals surface area (Å²) < 4.78 is 5.32. The van der Waals surface area contributed by atoms with Gasteiger partial charge in [-0.1, -0.05) is 6.42 Å². The van der Waals surface area contributed by atoms with Crippen LogP contribution in [0.4, 0.5) is 5.95 Å². The highest BCUT2D eigenvalue weighted by atomic mass is 16.5. The van der Waals surface area contributed by atoms with Crippen molar-refractivity contribution in [2.24, 2.45) is 0 Å². The Kier molecular flexibility index (Phi) is 3.77. The third-order valence-electron chi connectivity index (χ3n) is 3.09. The fourth-order valence-corrected chi connectivity index (χ4v) is 2.07. The smallest absolute Gasteiger partial charge is 0.266 e. The molecule has 0 aliphatic carbocycles. The summed E-state index contributed by atoms with van der Waals surface area (Å²) in [5.74, 6) is 1.45. The van der Waals surface area contributed by atoms with Crippen LogP contribution in [0.25, 0.3) is 0 Å². The van der Waals surface area contributed by atoms with Crippen LogP contribution < -0.4 is 10.2 Å². The first-order valence-electron chi connectivity index (χ1n) is 6.17. The second kappa shape index (κ2) is 5.30. The molecule has 0 bridgehead atoms. The van der Waals surface area contributed by atoms with Gasteiger partial charge in [-0.2, -0.15) is 4.98 Å². The van der Waals surface area contributed by atoms with E-state index in [1.165, 1.54) is 12.8 Å². The van der Waals surface area contributed by atoms with Gasteiger partial charge in [-0.25, -0.2) is 0 Å². The van der Waals surface area contributed by atoms with E-state index >= 15 is 0 Å². The Morgan fingerprint density at radius 2 is 2.19 bits per heavy atom. The number of hydrogen-bond acceptors (Lipinski definition) is 5. The van der Waals surface area contributed by atoms with E-state index in [0.717, 1.165) is 31.9 Å². The number of rotatable bonds is 4. The highest BCUT2D eigenvalue weighted by Crippen LogP contribution is 2.22. The van der Waals surface area contributed by atoms with E-state index < -0.39 is 0 Å². The van der Waals surface area contributed by atoms with Crippen molar-refractivity contribution in [1.29, 1.82) is 0 Å². The van der Waals surface area contributed by atoms with Gasteiger partial charge in [0.25, 0.3) is 5.95 Å². The van der Waals surface area contributed by atoms with E-state index in [1.54, 1.807) is 0 Å². The highest BCUT2D eigenvalue weighted by molar-refractivity contribution is 5.27. The fourth-order valence-electron chi connectivity index (χ4n) is 2.07. The van der Waals surface area contributed by atoms with Gasteiger partial charge < -0.3 is 14.7 Å². The Hall–Kier alpha value is -1.10. The van der Waals surface area contributed by atoms with E-state index in [9.17, 15) is 0 Å². The number of nitrogens with zero attached hydrogens (tertiary/aromatic N) is 3. The summed E-state index contributed by atoms with van der Waals surface area (Å²) in [7, 11) is 0. The lowest BCUT2D eigenvalue weighted by atomic mass is 10.1. The van der Waals surface area contributed by atoms with Gasteiger partial charge in [0.15, 0.2) is 0 Å². The Bertz CT molecular complexity index is 316. The summed E-state index contributed by atoms with van der Waals surface area (Å²) in [6.45, 7) is 7.06. The molecule has 1 aliphatic heterocycles. The minimum absolute atomic E-state index is 0.255. The molecule has 1 N–H and O–H groups in total. The van der Waals surface area contributed by atoms with Gasteiger partial charge in [0.2, 0.25) is 5.89 Å². The van der Waals surface area contributed by atoms with Gasteiger partial charge in [-0.15, -0.1) is 0 Å². The van der Waals surface area contributed by atoms with Gasteiger partial charge in [0.1, 0.15) is 0 Å². The maximum atomic E-state index is 5.32. The number of anilines is 1. The number of nitrogens with one attached hydrogen (secondary N) is 1. The minimum Gasteiger partial charge on any atom is -0.339 e. The van der Waals surface area contributed by atoms with Gasteiger partial charge in [0.05, 0.1) is 6.04 Å². The highest BCUT2D eigenvalue weighted by Gasteiger charge is 2.21. The summed E-state index contributed by atoms with van der Waals surface area (Å²) >= 11 is 0. The lowest BCUT2D eigenvalue weighted by Crippen LogP contribution is -2.27. The summed E-state index contributed by atoms with van der Waals surface area (Å²) in [6.07, 6.45) is 3.58. The van der Waals surface area contributed by atoms with Crippen molar-refractivity contribution >= 4 is 5.95 Å². The van der Waals surface area contributed by atoms with Gasteiger partial charge in [-0.05, 0) is 38.4 Å². The van der Waals surface area contributed by atoms with Crippen LogP contribution in [-0.4, -0.2) is 29.8 Å². The summed E-state index contributed by atoms with van der Waals surface area (Å²) in [5, 5.41) is 7.44. The SMILES string of the molecule is CCN(CC)c1noc([C@@H]2CCCCN2)n1. The van der Waals surface area contributed by atoms with Crippen molar-refractivity contribution in [3.05, 3.63) is 5.89 Å². The fraction of sp³-hybridized carbons (Fsp3) is 0.818. The molecule has 5 heteroatoms. The van der Waals surface area contributed by atoms with E-state index in [4.69, 9.17) is 4.52 Å². The van der Waals surface area contributed by atoms with Crippen molar-refractivity contribution in [3.8, 4) is 0 Å². The van der Waals surface area contributed by atoms with Crippen molar-refractivity contribution in [1.82, 2.24) is 15.5 Å². The first-order chi connectivity index (χ1) is 7.85. The average molecular weight is 224 g/mol. The third kappa shape index (κ3) is 2.35. The molecule has 1 aliphatic rings. The van der Waals surface area contributed by atoms with Crippen LogP contribution in [-0.2, 0) is 0 Å². The largest absolute Gasteiger partial charge is 0.339 e. The van der Waals surface area contributed by atoms with E-state index in [0.29, 0.717) is 5.95 Å². The van der Waals surface area contributed by atoms with E-state index in [-0.39, 0.29) is 6.04 Å². The summed E-state index contributed by atoms with van der Waals surface area (Å²) in [4.78, 5) is 6.55. The van der Waals surface area contributed by atoms with Crippen LogP contribution >= 0.6 is 0 Å². The van der Waals surface area contributed by atoms with Crippen LogP contribution in [0.2, 0.25) is 0 Å². The number of piperidine rings is 1. The molecule has 2 heterocycles. The summed E-state index contributed by atoms with van der Waals surface area (Å²) in [6, 6.07) is 0.255. The minimum atomic E-state index is 0.255. The lowest BCUT2D eigenvalue weighted by Gasteiger charge is -2.19. The Morgan fingerprint density at radius 3 is 2.81 bits per heavy atom. The predicted molar refractivity (Wildman–Crippen MR) is 62.5 cm³/mol. The zero-order valence-electron chi connectivity index (χ0n) is 10.1. The molecular formula is C11H20N4O. The Labute approximate surface area is 96.2 Å². The van der Waals surface area contributed by atoms with Crippen LogP contribution in [0.3, 0.4) is 0 Å². The molecule has 90 valence electrons. The van der Waals surface area contributed by atoms with Gasteiger partial charge >= 0.3 is 0 Å². The van der Waals surface area contributed by atoms with Gasteiger partial charge in [-0.3, -0.25) is 0 Å². The molecule has 0 unspecified atom stereocenters. The molecule has 1 fully saturated rings. The molecule has 0 saturated carbocycles.